The van der Waals surface area contributed by atoms with Crippen LogP contribution < -0.4 is 4.74 Å². The zero-order chi connectivity index (χ0) is 23.4. The molecule has 3 aromatic carbocycles. The van der Waals surface area contributed by atoms with E-state index in [-0.39, 0.29) is 0 Å². The highest BCUT2D eigenvalue weighted by atomic mass is 35.5. The van der Waals surface area contributed by atoms with Gasteiger partial charge in [0.05, 0.1) is 18.5 Å². The molecule has 4 aromatic rings. The highest BCUT2D eigenvalue weighted by Crippen LogP contribution is 2.32. The van der Waals surface area contributed by atoms with Crippen LogP contribution in [-0.2, 0) is 11.4 Å². The smallest absolute Gasteiger partial charge is 0.142 e. The fourth-order valence-corrected chi connectivity index (χ4v) is 4.16. The predicted octanol–water partition coefficient (Wildman–Crippen LogP) is 7.36. The number of nitrogens with zero attached hydrogens (tertiary/aromatic N) is 2. The number of oxime groups is 1. The molecular formula is C28H27ClN2O2. The topological polar surface area (TPSA) is 35.8 Å². The fourth-order valence-electron chi connectivity index (χ4n) is 3.97. The van der Waals surface area contributed by atoms with E-state index in [1.165, 1.54) is 5.56 Å². The van der Waals surface area contributed by atoms with Crippen molar-refractivity contribution in [3.63, 3.8) is 0 Å². The standard InChI is InChI=1S/C28H27ClN2O2/c1-19-8-5-9-22(14-19)18-33-30-20(2)27-17-28(23-10-6-13-26(15-23)32-4)31(21(27)3)25-12-7-11-24(29)16-25/h5-17H,18H2,1-4H3/b30-20+. The van der Waals surface area contributed by atoms with E-state index in [9.17, 15) is 0 Å². The first kappa shape index (κ1) is 22.7. The van der Waals surface area contributed by atoms with E-state index in [2.05, 4.69) is 47.8 Å². The van der Waals surface area contributed by atoms with Gasteiger partial charge < -0.3 is 14.1 Å². The lowest BCUT2D eigenvalue weighted by molar-refractivity contribution is 0.130. The lowest BCUT2D eigenvalue weighted by Gasteiger charge is -2.13. The Kier molecular flexibility index (Phi) is 6.85. The monoisotopic (exact) mass is 458 g/mol. The van der Waals surface area contributed by atoms with Gasteiger partial charge in [-0.2, -0.15) is 0 Å². The summed E-state index contributed by atoms with van der Waals surface area (Å²) < 4.78 is 7.64. The number of hydrogen-bond donors (Lipinski definition) is 0. The molecule has 0 fully saturated rings. The third-order valence-corrected chi connectivity index (χ3v) is 5.82. The summed E-state index contributed by atoms with van der Waals surface area (Å²) in [6, 6.07) is 26.3. The van der Waals surface area contributed by atoms with Crippen molar-refractivity contribution in [2.24, 2.45) is 5.16 Å². The van der Waals surface area contributed by atoms with Gasteiger partial charge in [-0.3, -0.25) is 0 Å². The maximum Gasteiger partial charge on any atom is 0.142 e. The summed E-state index contributed by atoms with van der Waals surface area (Å²) in [6.45, 7) is 6.55. The molecule has 1 heterocycles. The molecule has 0 spiro atoms. The van der Waals surface area contributed by atoms with Gasteiger partial charge in [0.1, 0.15) is 12.4 Å². The number of halogens is 1. The number of aromatic nitrogens is 1. The lowest BCUT2D eigenvalue weighted by Crippen LogP contribution is -2.02. The largest absolute Gasteiger partial charge is 0.497 e. The molecule has 0 amide bonds. The molecule has 168 valence electrons. The molecule has 0 N–H and O–H groups in total. The van der Waals surface area contributed by atoms with Crippen molar-refractivity contribution in [1.82, 2.24) is 4.57 Å². The molecule has 4 nitrogen and oxygen atoms in total. The molecule has 0 aliphatic carbocycles. The number of methoxy groups -OCH3 is 1. The predicted molar refractivity (Wildman–Crippen MR) is 136 cm³/mol. The summed E-state index contributed by atoms with van der Waals surface area (Å²) in [4.78, 5) is 5.70. The molecule has 0 unspecified atom stereocenters. The second-order valence-electron chi connectivity index (χ2n) is 8.02. The molecule has 0 bridgehead atoms. The lowest BCUT2D eigenvalue weighted by atomic mass is 10.1. The zero-order valence-electron chi connectivity index (χ0n) is 19.3. The molecule has 0 saturated heterocycles. The molecule has 0 radical (unpaired) electrons. The molecule has 0 saturated carbocycles. The highest BCUT2D eigenvalue weighted by Gasteiger charge is 2.18. The van der Waals surface area contributed by atoms with Crippen molar-refractivity contribution in [2.75, 3.05) is 7.11 Å². The van der Waals surface area contributed by atoms with E-state index < -0.39 is 0 Å². The Hall–Kier alpha value is -3.50. The number of aryl methyl sites for hydroxylation is 1. The SMILES string of the molecule is COc1cccc(-c2cc(/C(C)=N/OCc3cccc(C)c3)c(C)n2-c2cccc(Cl)c2)c1. The second-order valence-corrected chi connectivity index (χ2v) is 8.45. The Morgan fingerprint density at radius 1 is 0.939 bits per heavy atom. The zero-order valence-corrected chi connectivity index (χ0v) is 20.1. The first-order chi connectivity index (χ1) is 16.0. The van der Waals surface area contributed by atoms with Crippen molar-refractivity contribution in [1.29, 1.82) is 0 Å². The summed E-state index contributed by atoms with van der Waals surface area (Å²) in [6.07, 6.45) is 0. The summed E-state index contributed by atoms with van der Waals surface area (Å²) in [5, 5.41) is 5.11. The molecule has 1 aromatic heterocycles. The van der Waals surface area contributed by atoms with Gasteiger partial charge in [0.2, 0.25) is 0 Å². The van der Waals surface area contributed by atoms with Crippen LogP contribution in [0.15, 0.2) is 84.0 Å². The van der Waals surface area contributed by atoms with Gasteiger partial charge >= 0.3 is 0 Å². The Bertz CT molecular complexity index is 1310. The van der Waals surface area contributed by atoms with Crippen LogP contribution in [0.4, 0.5) is 0 Å². The van der Waals surface area contributed by atoms with Crippen LogP contribution in [0.2, 0.25) is 5.02 Å². The number of hydrogen-bond acceptors (Lipinski definition) is 3. The number of ether oxygens (including phenoxy) is 1. The van der Waals surface area contributed by atoms with E-state index >= 15 is 0 Å². The molecule has 0 aliphatic rings. The Balaban J connectivity index is 1.74. The van der Waals surface area contributed by atoms with Gasteiger partial charge in [-0.25, -0.2) is 0 Å². The molecule has 4 rings (SSSR count). The van der Waals surface area contributed by atoms with Crippen LogP contribution in [0, 0.1) is 13.8 Å². The average molecular weight is 459 g/mol. The van der Waals surface area contributed by atoms with Crippen LogP contribution in [-0.4, -0.2) is 17.4 Å². The number of rotatable bonds is 7. The van der Waals surface area contributed by atoms with Crippen LogP contribution in [0.25, 0.3) is 16.9 Å². The van der Waals surface area contributed by atoms with E-state index in [0.29, 0.717) is 11.6 Å². The van der Waals surface area contributed by atoms with E-state index in [0.717, 1.165) is 45.2 Å². The summed E-state index contributed by atoms with van der Waals surface area (Å²) in [5.41, 5.74) is 8.22. The molecule has 0 atom stereocenters. The summed E-state index contributed by atoms with van der Waals surface area (Å²) in [7, 11) is 1.67. The Morgan fingerprint density at radius 2 is 1.73 bits per heavy atom. The van der Waals surface area contributed by atoms with Crippen molar-refractivity contribution in [3.05, 3.63) is 106 Å². The van der Waals surface area contributed by atoms with Gasteiger partial charge in [0, 0.05) is 27.5 Å². The number of benzene rings is 3. The summed E-state index contributed by atoms with van der Waals surface area (Å²) in [5.74, 6) is 0.803. The first-order valence-electron chi connectivity index (χ1n) is 10.8. The average Bonchev–Trinajstić information content (AvgIpc) is 3.16. The van der Waals surface area contributed by atoms with Crippen LogP contribution in [0.5, 0.6) is 5.75 Å². The van der Waals surface area contributed by atoms with Crippen molar-refractivity contribution in [2.45, 2.75) is 27.4 Å². The van der Waals surface area contributed by atoms with Gasteiger partial charge in [-0.1, -0.05) is 64.8 Å². The summed E-state index contributed by atoms with van der Waals surface area (Å²) >= 11 is 6.32. The van der Waals surface area contributed by atoms with Gasteiger partial charge in [-0.05, 0) is 62.7 Å². The maximum atomic E-state index is 6.32. The van der Waals surface area contributed by atoms with Crippen LogP contribution >= 0.6 is 11.6 Å². The quantitative estimate of drug-likeness (QED) is 0.214. The molecule has 5 heteroatoms. The minimum absolute atomic E-state index is 0.426. The second kappa shape index (κ2) is 9.97. The van der Waals surface area contributed by atoms with Gasteiger partial charge in [0.15, 0.2) is 0 Å². The van der Waals surface area contributed by atoms with Crippen LogP contribution in [0.1, 0.15) is 29.3 Å². The maximum absolute atomic E-state index is 6.32. The van der Waals surface area contributed by atoms with E-state index in [4.69, 9.17) is 21.2 Å². The minimum Gasteiger partial charge on any atom is -0.497 e. The van der Waals surface area contributed by atoms with Crippen molar-refractivity contribution in [3.8, 4) is 22.7 Å². The fraction of sp³-hybridized carbons (Fsp3) is 0.179. The first-order valence-corrected chi connectivity index (χ1v) is 11.2. The van der Waals surface area contributed by atoms with E-state index in [1.807, 2.05) is 61.5 Å². The third-order valence-electron chi connectivity index (χ3n) is 5.58. The third kappa shape index (κ3) is 5.12. The molecular weight excluding hydrogens is 432 g/mol. The Labute approximate surface area is 200 Å². The molecule has 0 aliphatic heterocycles. The molecule has 33 heavy (non-hydrogen) atoms. The van der Waals surface area contributed by atoms with E-state index in [1.54, 1.807) is 7.11 Å². The van der Waals surface area contributed by atoms with Crippen molar-refractivity contribution < 1.29 is 9.57 Å². The van der Waals surface area contributed by atoms with Crippen molar-refractivity contribution >= 4 is 17.3 Å². The van der Waals surface area contributed by atoms with Crippen LogP contribution in [0.3, 0.4) is 0 Å². The van der Waals surface area contributed by atoms with Gasteiger partial charge in [0.25, 0.3) is 0 Å². The normalized spacial score (nSPS) is 11.5. The highest BCUT2D eigenvalue weighted by molar-refractivity contribution is 6.30. The minimum atomic E-state index is 0.426. The van der Waals surface area contributed by atoms with Gasteiger partial charge in [-0.15, -0.1) is 0 Å². The Morgan fingerprint density at radius 3 is 2.48 bits per heavy atom.